The Balaban J connectivity index is 1.47. The number of likely N-dealkylation sites (tertiary alicyclic amines) is 1. The van der Waals surface area contributed by atoms with Gasteiger partial charge in [0.2, 0.25) is 5.91 Å². The molecule has 0 radical (unpaired) electrons. The first-order valence-electron chi connectivity index (χ1n) is 13.9. The maximum absolute atomic E-state index is 13.7. The molecule has 2 aromatic rings. The number of halogens is 3. The van der Waals surface area contributed by atoms with Crippen LogP contribution in [0.2, 0.25) is 0 Å². The number of nitrogens with one attached hydrogen (secondary N) is 1. The van der Waals surface area contributed by atoms with Crippen LogP contribution in [0.4, 0.5) is 23.7 Å². The van der Waals surface area contributed by atoms with Crippen LogP contribution in [0.1, 0.15) is 55.9 Å². The highest BCUT2D eigenvalue weighted by molar-refractivity contribution is 5.81. The quantitative estimate of drug-likeness (QED) is 0.460. The van der Waals surface area contributed by atoms with Crippen LogP contribution in [0.15, 0.2) is 42.5 Å². The van der Waals surface area contributed by atoms with Gasteiger partial charge in [0.05, 0.1) is 18.7 Å². The van der Waals surface area contributed by atoms with Gasteiger partial charge in [0.15, 0.2) is 0 Å². The molecule has 2 aliphatic rings. The van der Waals surface area contributed by atoms with Gasteiger partial charge in [-0.3, -0.25) is 4.79 Å². The number of carbonyl (C=O) groups excluding carboxylic acids is 2. The summed E-state index contributed by atoms with van der Waals surface area (Å²) >= 11 is 0. The van der Waals surface area contributed by atoms with Crippen molar-refractivity contribution in [2.24, 2.45) is 0 Å². The summed E-state index contributed by atoms with van der Waals surface area (Å²) < 4.78 is 46.6. The number of amides is 2. The Bertz CT molecular complexity index is 1190. The minimum Gasteiger partial charge on any atom is -0.444 e. The van der Waals surface area contributed by atoms with E-state index in [0.29, 0.717) is 32.6 Å². The van der Waals surface area contributed by atoms with Gasteiger partial charge in [-0.05, 0) is 81.9 Å². The van der Waals surface area contributed by atoms with Crippen molar-refractivity contribution >= 4 is 17.7 Å². The van der Waals surface area contributed by atoms with E-state index in [1.54, 1.807) is 11.0 Å². The lowest BCUT2D eigenvalue weighted by molar-refractivity contribution is -0.139. The van der Waals surface area contributed by atoms with Crippen molar-refractivity contribution in [1.82, 2.24) is 14.7 Å². The maximum atomic E-state index is 13.7. The van der Waals surface area contributed by atoms with E-state index in [1.807, 2.05) is 39.0 Å². The number of benzene rings is 2. The third kappa shape index (κ3) is 7.90. The molecule has 2 aromatic carbocycles. The fraction of sp³-hybridized carbons (Fsp3) is 0.533. The van der Waals surface area contributed by atoms with Crippen molar-refractivity contribution in [3.63, 3.8) is 0 Å². The molecule has 0 aromatic heterocycles. The number of anilines is 1. The lowest BCUT2D eigenvalue weighted by Gasteiger charge is -2.32. The van der Waals surface area contributed by atoms with Crippen molar-refractivity contribution in [2.45, 2.75) is 64.9 Å². The molecule has 0 spiro atoms. The van der Waals surface area contributed by atoms with Gasteiger partial charge in [0.25, 0.3) is 0 Å². The Morgan fingerprint density at radius 2 is 1.73 bits per heavy atom. The highest BCUT2D eigenvalue weighted by Crippen LogP contribution is 2.32. The molecule has 10 heteroatoms. The molecule has 1 N–H and O–H groups in total. The number of hydrogen-bond acceptors (Lipinski definition) is 5. The fourth-order valence-electron chi connectivity index (χ4n) is 5.21. The van der Waals surface area contributed by atoms with E-state index in [1.165, 1.54) is 17.0 Å². The second kappa shape index (κ2) is 12.5. The predicted octanol–water partition coefficient (Wildman–Crippen LogP) is 5.54. The summed E-state index contributed by atoms with van der Waals surface area (Å²) in [5.74, 6) is -0.284. The number of nitrogens with zero attached hydrogens (tertiary/aromatic N) is 3. The van der Waals surface area contributed by atoms with Crippen LogP contribution in [-0.2, 0) is 35.2 Å². The van der Waals surface area contributed by atoms with E-state index < -0.39 is 17.3 Å². The molecule has 40 heavy (non-hydrogen) atoms. The molecule has 0 saturated carbocycles. The zero-order chi connectivity index (χ0) is 28.9. The van der Waals surface area contributed by atoms with Crippen molar-refractivity contribution in [1.29, 1.82) is 0 Å². The summed E-state index contributed by atoms with van der Waals surface area (Å²) in [6, 6.07) is 11.2. The van der Waals surface area contributed by atoms with Crippen LogP contribution in [0.25, 0.3) is 0 Å². The van der Waals surface area contributed by atoms with Gasteiger partial charge >= 0.3 is 12.3 Å². The second-order valence-corrected chi connectivity index (χ2v) is 11.5. The summed E-state index contributed by atoms with van der Waals surface area (Å²) in [6.45, 7) is 8.98. The fourth-order valence-corrected chi connectivity index (χ4v) is 5.21. The molecule has 1 fully saturated rings. The van der Waals surface area contributed by atoms with E-state index in [4.69, 9.17) is 4.74 Å². The SMILES string of the molecule is CC(C)(C)OC(=O)N1CCc2cccc(NCC(=O)N(CCN3CCCC3)Cc3ccccc3C(F)(F)F)c2C1. The molecule has 2 aliphatic heterocycles. The van der Waals surface area contributed by atoms with Crippen LogP contribution in [0.5, 0.6) is 0 Å². The van der Waals surface area contributed by atoms with Crippen LogP contribution >= 0.6 is 0 Å². The van der Waals surface area contributed by atoms with Gasteiger partial charge in [0.1, 0.15) is 5.60 Å². The maximum Gasteiger partial charge on any atom is 0.416 e. The molecular weight excluding hydrogens is 521 g/mol. The lowest BCUT2D eigenvalue weighted by Crippen LogP contribution is -2.41. The highest BCUT2D eigenvalue weighted by Gasteiger charge is 2.34. The van der Waals surface area contributed by atoms with E-state index in [9.17, 15) is 22.8 Å². The summed E-state index contributed by atoms with van der Waals surface area (Å²) in [5.41, 5.74) is 1.48. The first-order chi connectivity index (χ1) is 18.9. The Morgan fingerprint density at radius 1 is 1.00 bits per heavy atom. The number of carbonyl (C=O) groups is 2. The topological polar surface area (TPSA) is 65.1 Å². The molecule has 0 unspecified atom stereocenters. The van der Waals surface area contributed by atoms with Crippen LogP contribution in [0, 0.1) is 0 Å². The number of hydrogen-bond donors (Lipinski definition) is 1. The Morgan fingerprint density at radius 3 is 2.42 bits per heavy atom. The molecule has 1 saturated heterocycles. The highest BCUT2D eigenvalue weighted by atomic mass is 19.4. The van der Waals surface area contributed by atoms with Crippen molar-refractivity contribution in [3.05, 3.63) is 64.7 Å². The van der Waals surface area contributed by atoms with Gasteiger partial charge < -0.3 is 24.8 Å². The van der Waals surface area contributed by atoms with E-state index in [0.717, 1.165) is 48.8 Å². The summed E-state index contributed by atoms with van der Waals surface area (Å²) in [7, 11) is 0. The summed E-state index contributed by atoms with van der Waals surface area (Å²) in [6.07, 6.45) is -2.05. The largest absolute Gasteiger partial charge is 0.444 e. The summed E-state index contributed by atoms with van der Waals surface area (Å²) in [4.78, 5) is 31.5. The minimum atomic E-state index is -4.50. The molecule has 7 nitrogen and oxygen atoms in total. The van der Waals surface area contributed by atoms with Gasteiger partial charge in [-0.1, -0.05) is 30.3 Å². The first-order valence-corrected chi connectivity index (χ1v) is 13.9. The number of alkyl halides is 3. The minimum absolute atomic E-state index is 0.0723. The van der Waals surface area contributed by atoms with Gasteiger partial charge in [-0.15, -0.1) is 0 Å². The van der Waals surface area contributed by atoms with E-state index >= 15 is 0 Å². The Hall–Kier alpha value is -3.27. The average Bonchev–Trinajstić information content (AvgIpc) is 3.41. The smallest absolute Gasteiger partial charge is 0.416 e. The first kappa shape index (κ1) is 29.7. The van der Waals surface area contributed by atoms with Gasteiger partial charge in [-0.2, -0.15) is 13.2 Å². The predicted molar refractivity (Wildman–Crippen MR) is 148 cm³/mol. The Labute approximate surface area is 234 Å². The van der Waals surface area contributed by atoms with Crippen molar-refractivity contribution in [2.75, 3.05) is 44.6 Å². The summed E-state index contributed by atoms with van der Waals surface area (Å²) in [5, 5.41) is 3.21. The molecule has 0 atom stereocenters. The Kier molecular flexibility index (Phi) is 9.28. The van der Waals surface area contributed by atoms with Gasteiger partial charge in [-0.25, -0.2) is 4.79 Å². The number of rotatable bonds is 8. The monoisotopic (exact) mass is 560 g/mol. The molecule has 0 aliphatic carbocycles. The standard InChI is InChI=1S/C30H39F3N4O3/c1-29(2,3)40-28(39)37-16-13-22-10-8-12-26(24(22)21-37)34-19-27(38)36(18-17-35-14-6-7-15-35)20-23-9-4-5-11-25(23)30(31,32)33/h4-5,8-12,34H,6-7,13-21H2,1-3H3. The van der Waals surface area contributed by atoms with Gasteiger partial charge in [0, 0.05) is 31.9 Å². The lowest BCUT2D eigenvalue weighted by atomic mass is 9.98. The zero-order valence-electron chi connectivity index (χ0n) is 23.5. The molecule has 2 amide bonds. The average molecular weight is 561 g/mol. The molecule has 4 rings (SSSR count). The molecular formula is C30H39F3N4O3. The van der Waals surface area contributed by atoms with E-state index in [2.05, 4.69) is 10.2 Å². The molecule has 218 valence electrons. The normalized spacial score (nSPS) is 16.0. The van der Waals surface area contributed by atoms with E-state index in [-0.39, 0.29) is 30.7 Å². The number of ether oxygens (including phenoxy) is 1. The molecule has 0 bridgehead atoms. The van der Waals surface area contributed by atoms with Crippen LogP contribution in [-0.4, -0.2) is 71.6 Å². The second-order valence-electron chi connectivity index (χ2n) is 11.5. The van der Waals surface area contributed by atoms with Crippen LogP contribution < -0.4 is 5.32 Å². The molecule has 2 heterocycles. The third-order valence-electron chi connectivity index (χ3n) is 7.28. The zero-order valence-corrected chi connectivity index (χ0v) is 23.5. The van der Waals surface area contributed by atoms with Crippen molar-refractivity contribution in [3.8, 4) is 0 Å². The third-order valence-corrected chi connectivity index (χ3v) is 7.28. The van der Waals surface area contributed by atoms with Crippen LogP contribution in [0.3, 0.4) is 0 Å². The number of fused-ring (bicyclic) bond motifs is 1. The van der Waals surface area contributed by atoms with Crippen molar-refractivity contribution < 1.29 is 27.5 Å².